The standard InChI is InChI=1S/C25H25N3O5/c1-16-6-8-18(9-7-16)28-15-17(14-21(28)29)24(30)26-22-19-4-2-3-5-20(19)33-23(22)25(31)27-10-12-32-13-11-27/h2-9,17H,10-15H2,1H3,(H,26,30)/t17-/m1/s1. The summed E-state index contributed by atoms with van der Waals surface area (Å²) in [6.07, 6.45) is 0.113. The molecule has 8 heteroatoms. The Morgan fingerprint density at radius 2 is 1.76 bits per heavy atom. The van der Waals surface area contributed by atoms with Crippen molar-refractivity contribution in [1.29, 1.82) is 0 Å². The molecule has 3 amide bonds. The largest absolute Gasteiger partial charge is 0.449 e. The predicted molar refractivity (Wildman–Crippen MR) is 123 cm³/mol. The second-order valence-electron chi connectivity index (χ2n) is 8.44. The highest BCUT2D eigenvalue weighted by molar-refractivity contribution is 6.12. The fourth-order valence-corrected chi connectivity index (χ4v) is 4.31. The second-order valence-corrected chi connectivity index (χ2v) is 8.44. The van der Waals surface area contributed by atoms with Crippen LogP contribution in [0.3, 0.4) is 0 Å². The van der Waals surface area contributed by atoms with Crippen molar-refractivity contribution in [2.45, 2.75) is 13.3 Å². The SMILES string of the molecule is Cc1ccc(N2C[C@H](C(=O)Nc3c(C(=O)N4CCOCC4)oc4ccccc34)CC2=O)cc1. The number of hydrogen-bond donors (Lipinski definition) is 1. The number of anilines is 2. The Morgan fingerprint density at radius 3 is 2.52 bits per heavy atom. The van der Waals surface area contributed by atoms with Crippen LogP contribution in [-0.4, -0.2) is 55.5 Å². The number of ether oxygens (including phenoxy) is 1. The van der Waals surface area contributed by atoms with E-state index in [0.29, 0.717) is 43.0 Å². The molecule has 0 bridgehead atoms. The number of carbonyl (C=O) groups excluding carboxylic acids is 3. The third-order valence-corrected chi connectivity index (χ3v) is 6.18. The van der Waals surface area contributed by atoms with E-state index in [9.17, 15) is 14.4 Å². The van der Waals surface area contributed by atoms with Gasteiger partial charge in [-0.15, -0.1) is 0 Å². The summed E-state index contributed by atoms with van der Waals surface area (Å²) in [6.45, 7) is 4.13. The van der Waals surface area contributed by atoms with Crippen LogP contribution in [0, 0.1) is 12.8 Å². The fraction of sp³-hybridized carbons (Fsp3) is 0.320. The predicted octanol–water partition coefficient (Wildman–Crippen LogP) is 3.21. The average Bonchev–Trinajstić information content (AvgIpc) is 3.41. The molecule has 8 nitrogen and oxygen atoms in total. The van der Waals surface area contributed by atoms with E-state index >= 15 is 0 Å². The number of benzene rings is 2. The lowest BCUT2D eigenvalue weighted by atomic mass is 10.1. The maximum absolute atomic E-state index is 13.2. The molecule has 0 spiro atoms. The maximum atomic E-state index is 13.2. The lowest BCUT2D eigenvalue weighted by molar-refractivity contribution is -0.122. The molecule has 2 aliphatic rings. The summed E-state index contributed by atoms with van der Waals surface area (Å²) in [4.78, 5) is 42.3. The van der Waals surface area contributed by atoms with Crippen LogP contribution in [0.1, 0.15) is 22.5 Å². The molecule has 33 heavy (non-hydrogen) atoms. The van der Waals surface area contributed by atoms with Crippen LogP contribution in [0.2, 0.25) is 0 Å². The molecule has 170 valence electrons. The minimum Gasteiger partial charge on any atom is -0.449 e. The number of carbonyl (C=O) groups is 3. The first kappa shape index (κ1) is 21.2. The molecule has 3 heterocycles. The molecule has 3 aromatic rings. The van der Waals surface area contributed by atoms with Crippen molar-refractivity contribution in [3.8, 4) is 0 Å². The maximum Gasteiger partial charge on any atom is 0.291 e. The normalized spacial score (nSPS) is 18.7. The molecular weight excluding hydrogens is 422 g/mol. The number of fused-ring (bicyclic) bond motifs is 1. The van der Waals surface area contributed by atoms with Gasteiger partial charge in [0.05, 0.1) is 19.1 Å². The highest BCUT2D eigenvalue weighted by Gasteiger charge is 2.36. The van der Waals surface area contributed by atoms with E-state index in [1.807, 2.05) is 49.4 Å². The first-order valence-corrected chi connectivity index (χ1v) is 11.1. The van der Waals surface area contributed by atoms with Crippen LogP contribution >= 0.6 is 0 Å². The van der Waals surface area contributed by atoms with Gasteiger partial charge in [0.25, 0.3) is 5.91 Å². The lowest BCUT2D eigenvalue weighted by Gasteiger charge is -2.26. The van der Waals surface area contributed by atoms with Gasteiger partial charge in [0.2, 0.25) is 17.6 Å². The zero-order chi connectivity index (χ0) is 22.9. The van der Waals surface area contributed by atoms with Crippen molar-refractivity contribution >= 4 is 40.1 Å². The van der Waals surface area contributed by atoms with E-state index in [1.54, 1.807) is 15.9 Å². The second kappa shape index (κ2) is 8.71. The molecule has 5 rings (SSSR count). The van der Waals surface area contributed by atoms with Gasteiger partial charge in [-0.1, -0.05) is 29.8 Å². The molecule has 2 fully saturated rings. The van der Waals surface area contributed by atoms with Crippen LogP contribution in [0.4, 0.5) is 11.4 Å². The number of furan rings is 1. The van der Waals surface area contributed by atoms with Crippen molar-refractivity contribution in [3.63, 3.8) is 0 Å². The van der Waals surface area contributed by atoms with E-state index < -0.39 is 5.92 Å². The van der Waals surface area contributed by atoms with Gasteiger partial charge in [-0.25, -0.2) is 0 Å². The summed E-state index contributed by atoms with van der Waals surface area (Å²) in [5.74, 6) is -1.11. The average molecular weight is 447 g/mol. The topological polar surface area (TPSA) is 92.1 Å². The van der Waals surface area contributed by atoms with Crippen LogP contribution in [-0.2, 0) is 14.3 Å². The number of morpholine rings is 1. The Labute approximate surface area is 191 Å². The molecule has 2 aliphatic heterocycles. The fourth-order valence-electron chi connectivity index (χ4n) is 4.31. The number of nitrogens with zero attached hydrogens (tertiary/aromatic N) is 2. The van der Waals surface area contributed by atoms with Crippen LogP contribution in [0.15, 0.2) is 52.9 Å². The highest BCUT2D eigenvalue weighted by atomic mass is 16.5. The first-order valence-electron chi connectivity index (χ1n) is 11.1. The van der Waals surface area contributed by atoms with Crippen molar-refractivity contribution in [2.24, 2.45) is 5.92 Å². The van der Waals surface area contributed by atoms with E-state index in [4.69, 9.17) is 9.15 Å². The van der Waals surface area contributed by atoms with Gasteiger partial charge in [-0.3, -0.25) is 14.4 Å². The van der Waals surface area contributed by atoms with Crippen molar-refractivity contribution in [3.05, 3.63) is 59.9 Å². The summed E-state index contributed by atoms with van der Waals surface area (Å²) in [6, 6.07) is 14.9. The third kappa shape index (κ3) is 4.09. The molecule has 0 unspecified atom stereocenters. The zero-order valence-corrected chi connectivity index (χ0v) is 18.4. The van der Waals surface area contributed by atoms with E-state index in [0.717, 1.165) is 11.3 Å². The lowest BCUT2D eigenvalue weighted by Crippen LogP contribution is -2.40. The van der Waals surface area contributed by atoms with Crippen LogP contribution < -0.4 is 10.2 Å². The molecule has 0 radical (unpaired) electrons. The van der Waals surface area contributed by atoms with Crippen LogP contribution in [0.25, 0.3) is 11.0 Å². The molecule has 2 saturated heterocycles. The molecule has 0 aliphatic carbocycles. The number of nitrogens with one attached hydrogen (secondary N) is 1. The van der Waals surface area contributed by atoms with Gasteiger partial charge in [0, 0.05) is 37.1 Å². The summed E-state index contributed by atoms with van der Waals surface area (Å²) >= 11 is 0. The smallest absolute Gasteiger partial charge is 0.291 e. The Hall–Kier alpha value is -3.65. The van der Waals surface area contributed by atoms with Crippen molar-refractivity contribution in [2.75, 3.05) is 43.1 Å². The summed E-state index contributed by atoms with van der Waals surface area (Å²) in [5.41, 5.74) is 2.75. The summed E-state index contributed by atoms with van der Waals surface area (Å²) in [7, 11) is 0. The quantitative estimate of drug-likeness (QED) is 0.663. The zero-order valence-electron chi connectivity index (χ0n) is 18.4. The van der Waals surface area contributed by atoms with E-state index in [1.165, 1.54) is 0 Å². The molecule has 1 N–H and O–H groups in total. The Morgan fingerprint density at radius 1 is 1.03 bits per heavy atom. The van der Waals surface area contributed by atoms with Gasteiger partial charge in [-0.2, -0.15) is 0 Å². The minimum atomic E-state index is -0.529. The van der Waals surface area contributed by atoms with Gasteiger partial charge in [-0.05, 0) is 31.2 Å². The van der Waals surface area contributed by atoms with Gasteiger partial charge in [0.1, 0.15) is 11.3 Å². The summed E-state index contributed by atoms with van der Waals surface area (Å²) in [5, 5.41) is 3.56. The molecule has 1 aromatic heterocycles. The third-order valence-electron chi connectivity index (χ3n) is 6.18. The molecule has 0 saturated carbocycles. The number of aryl methyl sites for hydroxylation is 1. The van der Waals surface area contributed by atoms with E-state index in [2.05, 4.69) is 5.32 Å². The van der Waals surface area contributed by atoms with Crippen molar-refractivity contribution in [1.82, 2.24) is 4.90 Å². The van der Waals surface area contributed by atoms with Gasteiger partial charge in [0.15, 0.2) is 0 Å². The van der Waals surface area contributed by atoms with Crippen LogP contribution in [0.5, 0.6) is 0 Å². The minimum absolute atomic E-state index is 0.0966. The number of amides is 3. The molecule has 2 aromatic carbocycles. The molecule has 1 atom stereocenters. The Kier molecular flexibility index (Phi) is 5.60. The Bertz CT molecular complexity index is 1210. The van der Waals surface area contributed by atoms with Gasteiger partial charge >= 0.3 is 0 Å². The highest BCUT2D eigenvalue weighted by Crippen LogP contribution is 2.33. The van der Waals surface area contributed by atoms with Gasteiger partial charge < -0.3 is 24.3 Å². The molecular formula is C25H25N3O5. The number of rotatable bonds is 4. The monoisotopic (exact) mass is 447 g/mol. The first-order chi connectivity index (χ1) is 16.0. The number of para-hydroxylation sites is 1. The van der Waals surface area contributed by atoms with Crippen molar-refractivity contribution < 1.29 is 23.5 Å². The van der Waals surface area contributed by atoms with E-state index in [-0.39, 0.29) is 36.4 Å². The Balaban J connectivity index is 1.39. The summed E-state index contributed by atoms with van der Waals surface area (Å²) < 4.78 is 11.2. The number of hydrogen-bond acceptors (Lipinski definition) is 5.